The third-order valence-electron chi connectivity index (χ3n) is 13.8. The van der Waals surface area contributed by atoms with Crippen molar-refractivity contribution in [3.05, 3.63) is 11.6 Å². The zero-order valence-corrected chi connectivity index (χ0v) is 33.9. The van der Waals surface area contributed by atoms with Gasteiger partial charge in [-0.25, -0.2) is 0 Å². The van der Waals surface area contributed by atoms with Gasteiger partial charge in [-0.05, 0) is 108 Å². The molecule has 12 nitrogen and oxygen atoms in total. The number of likely N-dealkylation sites (N-methyl/N-ethyl adjacent to an activating group) is 1. The summed E-state index contributed by atoms with van der Waals surface area (Å²) in [6, 6.07) is -0.00923. The van der Waals surface area contributed by atoms with Crippen LogP contribution in [0, 0.1) is 35.5 Å². The monoisotopic (exact) mass is 761 g/mol. The molecule has 0 spiro atoms. The highest BCUT2D eigenvalue weighted by atomic mass is 16.7. The summed E-state index contributed by atoms with van der Waals surface area (Å²) in [4.78, 5) is 41.4. The first-order chi connectivity index (χ1) is 26.0. The Hall–Kier alpha value is -1.93. The normalized spacial score (nSPS) is 44.5. The summed E-state index contributed by atoms with van der Waals surface area (Å²) in [5.41, 5.74) is 0.779. The SMILES string of the molecule is CCO[C@@H]1[C@@H](OC)[C@H](C)O[C@@H](O[C@@H]2C[C@H]3CC[C@@H]4[C@@H](C=C5C(=O)[C@H](C)[C@@H](O[C@H]6CC[C@H](N(C)C=O)[C@@H](C)O6)CCC[C@H](CC)OC(=O)C[C@H]54)[C@@H]3C2)[C@@H]1OC. The third-order valence-corrected chi connectivity index (χ3v) is 13.8. The van der Waals surface area contributed by atoms with Crippen molar-refractivity contribution >= 4 is 18.2 Å². The van der Waals surface area contributed by atoms with Gasteiger partial charge in [0.25, 0.3) is 0 Å². The Morgan fingerprint density at radius 2 is 1.65 bits per heavy atom. The maximum Gasteiger partial charge on any atom is 0.306 e. The lowest BCUT2D eigenvalue weighted by atomic mass is 9.66. The molecule has 1 amide bonds. The van der Waals surface area contributed by atoms with E-state index in [9.17, 15) is 14.4 Å². The van der Waals surface area contributed by atoms with Crippen LogP contribution in [0.1, 0.15) is 105 Å². The number of hydrogen-bond acceptors (Lipinski definition) is 11. The van der Waals surface area contributed by atoms with E-state index in [0.717, 1.165) is 63.3 Å². The Labute approximate surface area is 322 Å². The molecule has 3 aliphatic carbocycles. The molecular formula is C42H67NO11. The molecule has 0 aromatic carbocycles. The van der Waals surface area contributed by atoms with Gasteiger partial charge in [0.1, 0.15) is 24.4 Å². The van der Waals surface area contributed by atoms with Crippen LogP contribution in [-0.2, 0) is 52.3 Å². The van der Waals surface area contributed by atoms with Gasteiger partial charge in [0.05, 0.1) is 36.9 Å². The molecule has 5 fully saturated rings. The third kappa shape index (κ3) is 8.80. The van der Waals surface area contributed by atoms with Crippen LogP contribution in [0.5, 0.6) is 0 Å². The average molecular weight is 762 g/mol. The molecule has 17 atom stereocenters. The van der Waals surface area contributed by atoms with Gasteiger partial charge in [0, 0.05) is 46.1 Å². The first-order valence-corrected chi connectivity index (χ1v) is 20.9. The minimum absolute atomic E-state index is 0.00923. The summed E-state index contributed by atoms with van der Waals surface area (Å²) in [7, 11) is 5.12. The van der Waals surface area contributed by atoms with Gasteiger partial charge in [-0.1, -0.05) is 19.9 Å². The van der Waals surface area contributed by atoms with E-state index in [1.807, 2.05) is 27.7 Å². The molecule has 0 N–H and O–H groups in total. The summed E-state index contributed by atoms with van der Waals surface area (Å²) < 4.78 is 50.0. The lowest BCUT2D eigenvalue weighted by Crippen LogP contribution is -2.60. The summed E-state index contributed by atoms with van der Waals surface area (Å²) in [5.74, 6) is 0.470. The maximum absolute atomic E-state index is 14.7. The van der Waals surface area contributed by atoms with Gasteiger partial charge in [-0.15, -0.1) is 0 Å². The van der Waals surface area contributed by atoms with Crippen molar-refractivity contribution in [3.8, 4) is 0 Å². The Kier molecular flexibility index (Phi) is 14.3. The molecule has 6 aliphatic rings. The number of hydrogen-bond donors (Lipinski definition) is 0. The van der Waals surface area contributed by atoms with Crippen molar-refractivity contribution < 1.29 is 52.3 Å². The van der Waals surface area contributed by atoms with E-state index in [4.69, 9.17) is 37.9 Å². The van der Waals surface area contributed by atoms with Crippen LogP contribution in [0.3, 0.4) is 0 Å². The molecule has 3 heterocycles. The molecule has 0 aromatic heterocycles. The number of esters is 1. The van der Waals surface area contributed by atoms with Crippen molar-refractivity contribution in [2.24, 2.45) is 35.5 Å². The fraction of sp³-hybridized carbons (Fsp3) is 0.881. The summed E-state index contributed by atoms with van der Waals surface area (Å²) in [6.07, 6.45) is 8.44. The van der Waals surface area contributed by atoms with Crippen molar-refractivity contribution in [2.45, 2.75) is 173 Å². The van der Waals surface area contributed by atoms with E-state index in [2.05, 4.69) is 13.0 Å². The molecule has 306 valence electrons. The second-order valence-corrected chi connectivity index (χ2v) is 16.9. The first kappa shape index (κ1) is 41.7. The number of fused-ring (bicyclic) bond motifs is 5. The van der Waals surface area contributed by atoms with Crippen LogP contribution in [-0.4, -0.2) is 118 Å². The minimum Gasteiger partial charge on any atom is -0.462 e. The number of carbonyl (C=O) groups excluding carboxylic acids is 3. The molecule has 0 bridgehead atoms. The van der Waals surface area contributed by atoms with Crippen molar-refractivity contribution in [1.29, 1.82) is 0 Å². The highest BCUT2D eigenvalue weighted by Gasteiger charge is 2.54. The van der Waals surface area contributed by atoms with E-state index >= 15 is 0 Å². The van der Waals surface area contributed by atoms with Crippen LogP contribution in [0.2, 0.25) is 0 Å². The lowest BCUT2D eigenvalue weighted by Gasteiger charge is -2.44. The van der Waals surface area contributed by atoms with Crippen molar-refractivity contribution in [3.63, 3.8) is 0 Å². The van der Waals surface area contributed by atoms with Gasteiger partial charge in [-0.2, -0.15) is 0 Å². The standard InChI is InChI=1S/C42H67NO11/c1-9-27-12-11-13-35(54-37-17-16-34(24(4)50-37)43(6)22-44)23(3)38(46)33-20-31-29(32(33)21-36(45)52-27)15-14-26-18-28(19-30(26)31)53-42-41(48-8)40(49-10-2)39(47-7)25(5)51-42/h20,22-32,34-35,37,39-42H,9-19,21H2,1-8H3/t23-,24-,25+,26-,27+,28-,29-,30-,31-,32+,34+,35+,37+,39+,40-,41-,42+/m1/s1. The van der Waals surface area contributed by atoms with Crippen LogP contribution < -0.4 is 0 Å². The number of amides is 1. The average Bonchev–Trinajstić information content (AvgIpc) is 3.73. The van der Waals surface area contributed by atoms with Gasteiger partial charge in [-0.3, -0.25) is 14.4 Å². The van der Waals surface area contributed by atoms with Crippen LogP contribution in [0.15, 0.2) is 11.6 Å². The number of rotatable bonds is 11. The summed E-state index contributed by atoms with van der Waals surface area (Å²) in [5, 5.41) is 0. The van der Waals surface area contributed by atoms with Gasteiger partial charge < -0.3 is 42.8 Å². The largest absolute Gasteiger partial charge is 0.462 e. The molecule has 3 saturated heterocycles. The molecule has 54 heavy (non-hydrogen) atoms. The molecule has 0 radical (unpaired) electrons. The van der Waals surface area contributed by atoms with E-state index in [0.29, 0.717) is 31.3 Å². The number of nitrogens with zero attached hydrogens (tertiary/aromatic N) is 1. The van der Waals surface area contributed by atoms with Crippen molar-refractivity contribution in [2.75, 3.05) is 27.9 Å². The Morgan fingerprint density at radius 3 is 2.33 bits per heavy atom. The van der Waals surface area contributed by atoms with Gasteiger partial charge in [0.2, 0.25) is 6.41 Å². The molecule has 0 unspecified atom stereocenters. The fourth-order valence-electron chi connectivity index (χ4n) is 11.0. The van der Waals surface area contributed by atoms with E-state index in [1.54, 1.807) is 26.2 Å². The molecule has 12 heteroatoms. The molecule has 2 saturated carbocycles. The zero-order valence-electron chi connectivity index (χ0n) is 33.9. The van der Waals surface area contributed by atoms with Gasteiger partial charge in [0.15, 0.2) is 18.4 Å². The molecule has 0 aromatic rings. The quantitative estimate of drug-likeness (QED) is 0.192. The predicted molar refractivity (Wildman–Crippen MR) is 199 cm³/mol. The number of methoxy groups -OCH3 is 2. The van der Waals surface area contributed by atoms with E-state index in [-0.39, 0.29) is 84.7 Å². The Morgan fingerprint density at radius 1 is 0.870 bits per heavy atom. The Balaban J connectivity index is 1.20. The second kappa shape index (κ2) is 18.6. The predicted octanol–water partition coefficient (Wildman–Crippen LogP) is 5.63. The van der Waals surface area contributed by atoms with E-state index in [1.165, 1.54) is 0 Å². The first-order valence-electron chi connectivity index (χ1n) is 20.9. The van der Waals surface area contributed by atoms with Crippen LogP contribution in [0.25, 0.3) is 0 Å². The van der Waals surface area contributed by atoms with Crippen LogP contribution in [0.4, 0.5) is 0 Å². The molecule has 6 rings (SSSR count). The topological polar surface area (TPSA) is 128 Å². The smallest absolute Gasteiger partial charge is 0.306 e. The van der Waals surface area contributed by atoms with Crippen LogP contribution >= 0.6 is 0 Å². The molecule has 3 aliphatic heterocycles. The number of carbonyl (C=O) groups is 3. The summed E-state index contributed by atoms with van der Waals surface area (Å²) in [6.45, 7) is 10.5. The fourth-order valence-corrected chi connectivity index (χ4v) is 11.0. The number of Topliss-reactive ketones (excluding diaryl/α,β-unsaturated/α-hetero) is 1. The highest BCUT2D eigenvalue weighted by Crippen LogP contribution is 2.57. The highest BCUT2D eigenvalue weighted by molar-refractivity contribution is 5.99. The number of allylic oxidation sites excluding steroid dienone is 2. The number of cyclic esters (lactones) is 1. The number of ether oxygens (including phenoxy) is 8. The lowest BCUT2D eigenvalue weighted by molar-refractivity contribution is -0.317. The summed E-state index contributed by atoms with van der Waals surface area (Å²) >= 11 is 0. The van der Waals surface area contributed by atoms with E-state index < -0.39 is 24.6 Å². The molecular weight excluding hydrogens is 694 g/mol. The second-order valence-electron chi connectivity index (χ2n) is 16.9. The maximum atomic E-state index is 14.7. The van der Waals surface area contributed by atoms with Crippen molar-refractivity contribution in [1.82, 2.24) is 4.90 Å². The van der Waals surface area contributed by atoms with Gasteiger partial charge >= 0.3 is 5.97 Å². The Bertz CT molecular complexity index is 1310. The number of ketones is 1. The minimum atomic E-state index is -0.584. The zero-order chi connectivity index (χ0) is 38.7.